The molecule has 0 heterocycles. The first-order valence-electron chi connectivity index (χ1n) is 4.85. The monoisotopic (exact) mass is 340 g/mol. The van der Waals surface area contributed by atoms with E-state index in [2.05, 4.69) is 44.5 Å². The van der Waals surface area contributed by atoms with E-state index in [-0.39, 0.29) is 36.9 Å². The summed E-state index contributed by atoms with van der Waals surface area (Å²) in [5.41, 5.74) is 2.84. The maximum absolute atomic E-state index is 4.14. The van der Waals surface area contributed by atoms with Gasteiger partial charge < -0.3 is 18.8 Å². The van der Waals surface area contributed by atoms with Crippen molar-refractivity contribution in [3.8, 4) is 0 Å². The van der Waals surface area contributed by atoms with Gasteiger partial charge >= 0.3 is 36.9 Å². The van der Waals surface area contributed by atoms with E-state index in [0.29, 0.717) is 5.92 Å². The number of hydrogen-bond acceptors (Lipinski definition) is 0. The normalized spacial score (nSPS) is 21.4. The number of fused-ring (bicyclic) bond motifs is 1. The van der Waals surface area contributed by atoms with Gasteiger partial charge in [0.2, 0.25) is 0 Å². The molecular weight excluding hydrogens is 325 g/mol. The fourth-order valence-electron chi connectivity index (χ4n) is 1.80. The summed E-state index contributed by atoms with van der Waals surface area (Å²) in [7, 11) is 0. The third kappa shape index (κ3) is 2.67. The zero-order valence-electron chi connectivity index (χ0n) is 8.36. The zero-order chi connectivity index (χ0) is 9.26. The first-order chi connectivity index (χ1) is 6.27. The minimum absolute atomic E-state index is 0. The zero-order valence-corrected chi connectivity index (χ0v) is 10.1. The van der Waals surface area contributed by atoms with Crippen LogP contribution in [0.5, 0.6) is 0 Å². The molecular formula is C13H15Tm. The summed E-state index contributed by atoms with van der Waals surface area (Å²) < 4.78 is 0. The molecule has 14 heavy (non-hydrogen) atoms. The summed E-state index contributed by atoms with van der Waals surface area (Å²) in [6.45, 7) is 6.35. The van der Waals surface area contributed by atoms with Gasteiger partial charge in [0.15, 0.2) is 0 Å². The third-order valence-electron chi connectivity index (χ3n) is 2.86. The molecule has 0 nitrogen and oxygen atoms in total. The molecule has 1 heteroatoms. The molecule has 80 valence electrons. The maximum atomic E-state index is 4.14. The van der Waals surface area contributed by atoms with Crippen LogP contribution in [0.4, 0.5) is 0 Å². The van der Waals surface area contributed by atoms with Crippen molar-refractivity contribution in [2.24, 2.45) is 5.92 Å². The van der Waals surface area contributed by atoms with Crippen LogP contribution in [0.2, 0.25) is 0 Å². The Morgan fingerprint density at radius 1 is 1.43 bits per heavy atom. The summed E-state index contributed by atoms with van der Waals surface area (Å²) >= 11 is 0. The van der Waals surface area contributed by atoms with Crippen LogP contribution >= 0.6 is 0 Å². The van der Waals surface area contributed by atoms with Crippen LogP contribution in [0.25, 0.3) is 0 Å². The van der Waals surface area contributed by atoms with E-state index >= 15 is 0 Å². The van der Waals surface area contributed by atoms with E-state index in [1.54, 1.807) is 0 Å². The van der Waals surface area contributed by atoms with Crippen molar-refractivity contribution >= 4 is 0 Å². The van der Waals surface area contributed by atoms with Crippen LogP contribution in [-0.4, -0.2) is 0 Å². The van der Waals surface area contributed by atoms with Gasteiger partial charge in [-0.15, -0.1) is 18.6 Å². The topological polar surface area (TPSA) is 0 Å². The largest absolute Gasteiger partial charge is 3.00 e. The van der Waals surface area contributed by atoms with E-state index < -0.39 is 0 Å². The van der Waals surface area contributed by atoms with E-state index in [1.165, 1.54) is 29.9 Å². The molecule has 0 aromatic heterocycles. The van der Waals surface area contributed by atoms with Crippen molar-refractivity contribution in [1.82, 2.24) is 0 Å². The smallest absolute Gasteiger partial charge is 0.376 e. The average molecular weight is 340 g/mol. The molecule has 0 fully saturated rings. The molecule has 0 spiro atoms. The molecule has 1 aliphatic carbocycles. The minimum atomic E-state index is 0. The predicted octanol–water partition coefficient (Wildman–Crippen LogP) is 3.23. The van der Waals surface area contributed by atoms with E-state index in [1.807, 2.05) is 0 Å². The molecule has 0 saturated heterocycles. The SMILES string of the molecule is [CH2-]C1[CH-]c2ccccc2CC[C-]1C.[Tm+3]. The summed E-state index contributed by atoms with van der Waals surface area (Å²) in [5, 5.41) is 0. The fraction of sp³-hybridized carbons (Fsp3) is 0.308. The summed E-state index contributed by atoms with van der Waals surface area (Å²) in [4.78, 5) is 0. The molecule has 0 N–H and O–H groups in total. The van der Waals surface area contributed by atoms with Crippen LogP contribution < -0.4 is 0 Å². The van der Waals surface area contributed by atoms with E-state index in [0.717, 1.165) is 0 Å². The Labute approximate surface area is 116 Å². The van der Waals surface area contributed by atoms with Gasteiger partial charge in [0, 0.05) is 0 Å². The fourth-order valence-corrected chi connectivity index (χ4v) is 1.80. The quantitative estimate of drug-likeness (QED) is 0.503. The Morgan fingerprint density at radius 2 is 2.14 bits per heavy atom. The number of benzene rings is 1. The Balaban J connectivity index is 0.000000980. The van der Waals surface area contributed by atoms with E-state index in [9.17, 15) is 0 Å². The van der Waals surface area contributed by atoms with Crippen LogP contribution in [0.1, 0.15) is 24.5 Å². The first kappa shape index (κ1) is 12.4. The molecule has 0 amide bonds. The van der Waals surface area contributed by atoms with Crippen molar-refractivity contribution < 1.29 is 36.9 Å². The minimum Gasteiger partial charge on any atom is -0.376 e. The standard InChI is InChI=1S/C13H15.Tm/c1-10-7-8-12-5-3-4-6-13(12)9-11(10)2;/h3-6,9,11H,2,7-8H2,1H3;/q-3;+3. The van der Waals surface area contributed by atoms with Crippen molar-refractivity contribution in [3.05, 3.63) is 54.7 Å². The Morgan fingerprint density at radius 3 is 2.93 bits per heavy atom. The summed E-state index contributed by atoms with van der Waals surface area (Å²) in [5.74, 6) is 1.89. The van der Waals surface area contributed by atoms with Gasteiger partial charge in [0.05, 0.1) is 0 Å². The van der Waals surface area contributed by atoms with Gasteiger partial charge in [0.25, 0.3) is 0 Å². The van der Waals surface area contributed by atoms with Gasteiger partial charge in [-0.1, -0.05) is 6.07 Å². The van der Waals surface area contributed by atoms with Gasteiger partial charge in [-0.25, -0.2) is 6.42 Å². The van der Waals surface area contributed by atoms with Gasteiger partial charge in [-0.3, -0.25) is 0 Å². The predicted molar refractivity (Wildman–Crippen MR) is 55.9 cm³/mol. The van der Waals surface area contributed by atoms with Crippen molar-refractivity contribution in [2.45, 2.75) is 19.8 Å². The van der Waals surface area contributed by atoms with Crippen molar-refractivity contribution in [3.63, 3.8) is 0 Å². The van der Waals surface area contributed by atoms with Crippen LogP contribution in [0, 0.1) is 62.1 Å². The number of aryl methyl sites for hydroxylation is 1. The Kier molecular flexibility index (Phi) is 4.80. The number of hydrogen-bond donors (Lipinski definition) is 0. The second-order valence-electron chi connectivity index (χ2n) is 3.82. The van der Waals surface area contributed by atoms with Gasteiger partial charge in [-0.05, 0) is 0 Å². The molecule has 0 radical (unpaired) electrons. The molecule has 1 aromatic rings. The Hall–Kier alpha value is 0.324. The van der Waals surface area contributed by atoms with Crippen LogP contribution in [0.3, 0.4) is 0 Å². The maximum Gasteiger partial charge on any atom is 3.00 e. The molecule has 2 rings (SSSR count). The Bertz CT molecular complexity index is 293. The van der Waals surface area contributed by atoms with E-state index in [4.69, 9.17) is 0 Å². The molecule has 0 aliphatic heterocycles. The second kappa shape index (κ2) is 5.42. The van der Waals surface area contributed by atoms with Crippen LogP contribution in [-0.2, 0) is 6.42 Å². The molecule has 0 saturated carbocycles. The average Bonchev–Trinajstić information content (AvgIpc) is 2.28. The molecule has 1 aliphatic rings. The molecule has 0 bridgehead atoms. The number of rotatable bonds is 0. The van der Waals surface area contributed by atoms with Gasteiger partial charge in [-0.2, -0.15) is 30.5 Å². The molecule has 1 unspecified atom stereocenters. The van der Waals surface area contributed by atoms with Crippen molar-refractivity contribution in [2.75, 3.05) is 0 Å². The van der Waals surface area contributed by atoms with Crippen LogP contribution in [0.15, 0.2) is 24.3 Å². The summed E-state index contributed by atoms with van der Waals surface area (Å²) in [6.07, 6.45) is 4.63. The first-order valence-corrected chi connectivity index (χ1v) is 4.85. The molecule has 1 aromatic carbocycles. The summed E-state index contributed by atoms with van der Waals surface area (Å²) in [6, 6.07) is 8.62. The second-order valence-corrected chi connectivity index (χ2v) is 3.82. The molecule has 1 atom stereocenters. The van der Waals surface area contributed by atoms with Gasteiger partial charge in [0.1, 0.15) is 0 Å². The van der Waals surface area contributed by atoms with Crippen molar-refractivity contribution in [1.29, 1.82) is 0 Å². The third-order valence-corrected chi connectivity index (χ3v) is 2.86.